The van der Waals surface area contributed by atoms with Crippen LogP contribution in [-0.4, -0.2) is 12.1 Å². The van der Waals surface area contributed by atoms with Crippen LogP contribution in [0, 0.1) is 7.14 Å². The smallest absolute Gasteiger partial charge is 0.272 e. The van der Waals surface area contributed by atoms with Crippen LogP contribution in [0.5, 0.6) is 5.75 Å². The zero-order chi connectivity index (χ0) is 20.8. The second kappa shape index (κ2) is 10.6. The van der Waals surface area contributed by atoms with Gasteiger partial charge in [-0.25, -0.2) is 5.43 Å². The van der Waals surface area contributed by atoms with Gasteiger partial charge in [0.15, 0.2) is 0 Å². The Morgan fingerprint density at radius 1 is 1.03 bits per heavy atom. The van der Waals surface area contributed by atoms with Crippen LogP contribution < -0.4 is 10.2 Å². The second-order valence-corrected chi connectivity index (χ2v) is 9.08. The summed E-state index contributed by atoms with van der Waals surface area (Å²) < 4.78 is 7.89. The van der Waals surface area contributed by atoms with E-state index in [1.807, 2.05) is 42.5 Å². The van der Waals surface area contributed by atoms with Crippen LogP contribution in [0.1, 0.15) is 21.5 Å². The first-order valence-electron chi connectivity index (χ1n) is 8.38. The summed E-state index contributed by atoms with van der Waals surface area (Å²) in [5.41, 5.74) is 4.73. The third-order valence-electron chi connectivity index (χ3n) is 3.80. The minimum absolute atomic E-state index is 0.272. The van der Waals surface area contributed by atoms with E-state index in [9.17, 15) is 4.79 Å². The first kappa shape index (κ1) is 22.3. The van der Waals surface area contributed by atoms with Crippen molar-refractivity contribution in [3.63, 3.8) is 0 Å². The zero-order valence-electron chi connectivity index (χ0n) is 14.8. The maximum Gasteiger partial charge on any atom is 0.272 e. The number of amides is 1. The summed E-state index contributed by atoms with van der Waals surface area (Å²) in [4.78, 5) is 12.2. The Balaban J connectivity index is 1.66. The zero-order valence-corrected chi connectivity index (χ0v) is 20.7. The molecule has 0 heterocycles. The normalized spacial score (nSPS) is 10.9. The molecule has 3 aromatic rings. The molecule has 0 aliphatic carbocycles. The van der Waals surface area contributed by atoms with E-state index >= 15 is 0 Å². The van der Waals surface area contributed by atoms with E-state index in [1.54, 1.807) is 18.3 Å². The highest BCUT2D eigenvalue weighted by Crippen LogP contribution is 2.29. The van der Waals surface area contributed by atoms with Gasteiger partial charge in [-0.15, -0.1) is 0 Å². The van der Waals surface area contributed by atoms with Gasteiger partial charge in [0.1, 0.15) is 12.4 Å². The maximum atomic E-state index is 12.2. The molecule has 0 fully saturated rings. The van der Waals surface area contributed by atoms with Crippen molar-refractivity contribution in [1.82, 2.24) is 5.43 Å². The van der Waals surface area contributed by atoms with E-state index in [0.29, 0.717) is 17.2 Å². The number of hydrogen-bond acceptors (Lipinski definition) is 3. The van der Waals surface area contributed by atoms with Crippen molar-refractivity contribution in [2.24, 2.45) is 5.10 Å². The molecule has 0 unspecified atom stereocenters. The molecule has 29 heavy (non-hydrogen) atoms. The lowest BCUT2D eigenvalue weighted by molar-refractivity contribution is 0.0955. The van der Waals surface area contributed by atoms with E-state index in [0.717, 1.165) is 24.0 Å². The third-order valence-corrected chi connectivity index (χ3v) is 5.95. The van der Waals surface area contributed by atoms with Gasteiger partial charge in [0.25, 0.3) is 5.91 Å². The lowest BCUT2D eigenvalue weighted by Gasteiger charge is -2.11. The minimum atomic E-state index is -0.407. The van der Waals surface area contributed by atoms with Crippen LogP contribution in [0.4, 0.5) is 0 Å². The number of hydrazone groups is 1. The fourth-order valence-corrected chi connectivity index (χ4v) is 5.04. The van der Waals surface area contributed by atoms with E-state index in [2.05, 4.69) is 55.7 Å². The predicted molar refractivity (Wildman–Crippen MR) is 134 cm³/mol. The van der Waals surface area contributed by atoms with Gasteiger partial charge in [0.05, 0.1) is 23.9 Å². The number of ether oxygens (including phenoxy) is 1. The molecule has 1 amide bonds. The highest BCUT2D eigenvalue weighted by atomic mass is 127. The van der Waals surface area contributed by atoms with Gasteiger partial charge in [-0.05, 0) is 86.6 Å². The van der Waals surface area contributed by atoms with Crippen molar-refractivity contribution in [3.05, 3.63) is 94.5 Å². The molecule has 3 rings (SSSR count). The molecule has 0 aliphatic rings. The largest absolute Gasteiger partial charge is 0.487 e. The van der Waals surface area contributed by atoms with Gasteiger partial charge >= 0.3 is 0 Å². The summed E-state index contributed by atoms with van der Waals surface area (Å²) in [7, 11) is 0. The van der Waals surface area contributed by atoms with Gasteiger partial charge in [-0.2, -0.15) is 5.10 Å². The molecule has 3 aromatic carbocycles. The van der Waals surface area contributed by atoms with Crippen molar-refractivity contribution >= 4 is 80.5 Å². The van der Waals surface area contributed by atoms with Gasteiger partial charge in [-0.3, -0.25) is 4.79 Å². The highest BCUT2D eigenvalue weighted by molar-refractivity contribution is 14.1. The molecule has 0 saturated carbocycles. The lowest BCUT2D eigenvalue weighted by Crippen LogP contribution is -2.18. The number of nitrogens with one attached hydrogen (secondary N) is 1. The predicted octanol–water partition coefficient (Wildman–Crippen LogP) is 6.55. The number of carbonyl (C=O) groups is 1. The average Bonchev–Trinajstić information content (AvgIpc) is 2.68. The maximum absolute atomic E-state index is 12.2. The van der Waals surface area contributed by atoms with Crippen molar-refractivity contribution in [2.45, 2.75) is 6.61 Å². The van der Waals surface area contributed by atoms with Gasteiger partial charge in [-0.1, -0.05) is 53.5 Å². The van der Waals surface area contributed by atoms with Crippen LogP contribution in [-0.2, 0) is 6.61 Å². The van der Waals surface area contributed by atoms with Crippen molar-refractivity contribution in [1.29, 1.82) is 0 Å². The first-order chi connectivity index (χ1) is 13.9. The summed E-state index contributed by atoms with van der Waals surface area (Å²) in [6.45, 7) is 0.498. The molecule has 148 valence electrons. The topological polar surface area (TPSA) is 50.7 Å². The Morgan fingerprint density at radius 2 is 1.72 bits per heavy atom. The summed E-state index contributed by atoms with van der Waals surface area (Å²) in [6, 6.07) is 18.5. The molecule has 0 saturated heterocycles. The summed E-state index contributed by atoms with van der Waals surface area (Å²) >= 11 is 16.3. The Labute approximate surface area is 205 Å². The van der Waals surface area contributed by atoms with E-state index < -0.39 is 5.91 Å². The highest BCUT2D eigenvalue weighted by Gasteiger charge is 2.11. The Morgan fingerprint density at radius 3 is 2.38 bits per heavy atom. The third kappa shape index (κ3) is 6.31. The first-order valence-corrected chi connectivity index (χ1v) is 11.3. The number of hydrogen-bond donors (Lipinski definition) is 1. The van der Waals surface area contributed by atoms with Crippen molar-refractivity contribution < 1.29 is 9.53 Å². The fourth-order valence-electron chi connectivity index (χ4n) is 2.42. The molecular weight excluding hydrogens is 637 g/mol. The van der Waals surface area contributed by atoms with Crippen LogP contribution >= 0.6 is 68.4 Å². The molecule has 4 nitrogen and oxygen atoms in total. The second-order valence-electron chi connectivity index (χ2n) is 5.91. The number of benzene rings is 3. The Bertz CT molecular complexity index is 1040. The SMILES string of the molecule is O=C(N/N=C\c1cc(I)c(OCc2ccccc2)c(I)c1)c1ccc(Cl)cc1Cl. The quantitative estimate of drug-likeness (QED) is 0.187. The van der Waals surface area contributed by atoms with Gasteiger partial charge in [0.2, 0.25) is 0 Å². The summed E-state index contributed by atoms with van der Waals surface area (Å²) in [5, 5.41) is 4.76. The number of rotatable bonds is 6. The summed E-state index contributed by atoms with van der Waals surface area (Å²) in [6.07, 6.45) is 1.58. The van der Waals surface area contributed by atoms with Crippen LogP contribution in [0.3, 0.4) is 0 Å². The molecule has 0 bridgehead atoms. The van der Waals surface area contributed by atoms with E-state index in [1.165, 1.54) is 6.07 Å². The van der Waals surface area contributed by atoms with Crippen LogP contribution in [0.25, 0.3) is 0 Å². The monoisotopic (exact) mass is 650 g/mol. The Hall–Kier alpha value is -1.36. The van der Waals surface area contributed by atoms with Crippen LogP contribution in [0.2, 0.25) is 10.0 Å². The Kier molecular flexibility index (Phi) is 8.16. The molecular formula is C21H14Cl2I2N2O2. The lowest BCUT2D eigenvalue weighted by atomic mass is 10.2. The molecule has 0 radical (unpaired) electrons. The molecule has 0 aromatic heterocycles. The van der Waals surface area contributed by atoms with E-state index in [4.69, 9.17) is 27.9 Å². The average molecular weight is 651 g/mol. The van der Waals surface area contributed by atoms with Crippen LogP contribution in [0.15, 0.2) is 65.8 Å². The van der Waals surface area contributed by atoms with Crippen molar-refractivity contribution in [2.75, 3.05) is 0 Å². The molecule has 0 spiro atoms. The molecule has 0 atom stereocenters. The van der Waals surface area contributed by atoms with Gasteiger partial charge < -0.3 is 4.74 Å². The number of carbonyl (C=O) groups excluding carboxylic acids is 1. The fraction of sp³-hybridized carbons (Fsp3) is 0.0476. The van der Waals surface area contributed by atoms with E-state index in [-0.39, 0.29) is 5.02 Å². The number of halogens is 4. The standard InChI is InChI=1S/C21H14Cl2I2N2O2/c22-15-6-7-16(17(23)10-15)21(28)27-26-11-14-8-18(24)20(19(25)9-14)29-12-13-4-2-1-3-5-13/h1-11H,12H2,(H,27,28)/b26-11-. The van der Waals surface area contributed by atoms with Gasteiger partial charge in [0, 0.05) is 5.02 Å². The number of nitrogens with zero attached hydrogens (tertiary/aromatic N) is 1. The minimum Gasteiger partial charge on any atom is -0.487 e. The molecule has 8 heteroatoms. The molecule has 0 aliphatic heterocycles. The summed E-state index contributed by atoms with van der Waals surface area (Å²) in [5.74, 6) is 0.416. The molecule has 1 N–H and O–H groups in total. The van der Waals surface area contributed by atoms with Crippen molar-refractivity contribution in [3.8, 4) is 5.75 Å².